The second kappa shape index (κ2) is 12.6. The van der Waals surface area contributed by atoms with Crippen LogP contribution in [-0.2, 0) is 14.3 Å². The molecular weight excluding hydrogens is 478 g/mol. The molecule has 0 heterocycles. The lowest BCUT2D eigenvalue weighted by Crippen LogP contribution is -2.52. The maximum atomic E-state index is 13.9. The van der Waals surface area contributed by atoms with E-state index in [2.05, 4.69) is 10.6 Å². The fourth-order valence-corrected chi connectivity index (χ4v) is 4.39. The Bertz CT molecular complexity index is 1250. The summed E-state index contributed by atoms with van der Waals surface area (Å²) >= 11 is 0. The topological polar surface area (TPSA) is 87.7 Å². The van der Waals surface area contributed by atoms with E-state index in [1.165, 1.54) is 4.90 Å². The highest BCUT2D eigenvalue weighted by Gasteiger charge is 2.35. The molecule has 0 saturated heterocycles. The Hall–Kier alpha value is -3.87. The summed E-state index contributed by atoms with van der Waals surface area (Å²) in [7, 11) is 0. The second-order valence-corrected chi connectivity index (χ2v) is 10.8. The van der Waals surface area contributed by atoms with E-state index in [9.17, 15) is 14.4 Å². The predicted molar refractivity (Wildman–Crippen MR) is 152 cm³/mol. The van der Waals surface area contributed by atoms with Crippen LogP contribution in [0, 0.1) is 5.92 Å². The van der Waals surface area contributed by atoms with Crippen molar-refractivity contribution in [1.82, 2.24) is 10.2 Å². The van der Waals surface area contributed by atoms with Gasteiger partial charge in [0.1, 0.15) is 17.7 Å². The van der Waals surface area contributed by atoms with Gasteiger partial charge in [0.2, 0.25) is 5.91 Å². The van der Waals surface area contributed by atoms with Gasteiger partial charge in [0.15, 0.2) is 0 Å². The number of amides is 3. The third-order valence-corrected chi connectivity index (χ3v) is 6.01. The van der Waals surface area contributed by atoms with Crippen LogP contribution < -0.4 is 10.6 Å². The molecule has 3 amide bonds. The zero-order valence-electron chi connectivity index (χ0n) is 23.2. The summed E-state index contributed by atoms with van der Waals surface area (Å²) in [5.74, 6) is -0.545. The minimum atomic E-state index is -0.893. The van der Waals surface area contributed by atoms with Gasteiger partial charge in [-0.25, -0.2) is 4.79 Å². The van der Waals surface area contributed by atoms with E-state index in [0.29, 0.717) is 17.7 Å². The second-order valence-electron chi connectivity index (χ2n) is 10.8. The van der Waals surface area contributed by atoms with E-state index in [1.807, 2.05) is 93.6 Å². The molecule has 202 valence electrons. The predicted octanol–water partition coefficient (Wildman–Crippen LogP) is 6.31. The van der Waals surface area contributed by atoms with Gasteiger partial charge in [0.25, 0.3) is 5.91 Å². The summed E-state index contributed by atoms with van der Waals surface area (Å²) in [6.07, 6.45) is -0.257. The number of ether oxygens (including phenoxy) is 1. The van der Waals surface area contributed by atoms with Crippen molar-refractivity contribution in [1.29, 1.82) is 0 Å². The molecule has 0 radical (unpaired) electrons. The van der Waals surface area contributed by atoms with E-state index in [0.717, 1.165) is 10.8 Å². The summed E-state index contributed by atoms with van der Waals surface area (Å²) < 4.78 is 5.42. The Kier molecular flexibility index (Phi) is 9.50. The van der Waals surface area contributed by atoms with Gasteiger partial charge in [-0.3, -0.25) is 9.59 Å². The number of nitrogens with one attached hydrogen (secondary N) is 2. The first-order chi connectivity index (χ1) is 18.0. The first-order valence-corrected chi connectivity index (χ1v) is 13.1. The number of anilines is 1. The van der Waals surface area contributed by atoms with E-state index >= 15 is 0 Å². The average molecular weight is 518 g/mol. The number of benzene rings is 3. The zero-order valence-corrected chi connectivity index (χ0v) is 23.2. The molecule has 3 rings (SSSR count). The molecule has 38 heavy (non-hydrogen) atoms. The van der Waals surface area contributed by atoms with Gasteiger partial charge in [-0.05, 0) is 68.5 Å². The summed E-state index contributed by atoms with van der Waals surface area (Å²) in [5.41, 5.74) is 0.622. The number of hydrogen-bond acceptors (Lipinski definition) is 4. The van der Waals surface area contributed by atoms with Crippen LogP contribution >= 0.6 is 0 Å². The Morgan fingerprint density at radius 1 is 0.895 bits per heavy atom. The van der Waals surface area contributed by atoms with Crippen molar-refractivity contribution in [2.75, 3.05) is 11.9 Å². The van der Waals surface area contributed by atoms with Crippen LogP contribution in [0.1, 0.15) is 59.6 Å². The Balaban J connectivity index is 1.93. The first kappa shape index (κ1) is 28.7. The highest BCUT2D eigenvalue weighted by atomic mass is 16.6. The van der Waals surface area contributed by atoms with Crippen LogP contribution in [0.25, 0.3) is 10.8 Å². The van der Waals surface area contributed by atoms with E-state index < -0.39 is 23.8 Å². The quantitative estimate of drug-likeness (QED) is 0.348. The number of alkyl carbamates (subject to hydrolysis) is 1. The number of nitrogens with zero attached hydrogens (tertiary/aromatic N) is 1. The van der Waals surface area contributed by atoms with Crippen molar-refractivity contribution < 1.29 is 19.1 Å². The van der Waals surface area contributed by atoms with Crippen LogP contribution in [-0.4, -0.2) is 41.0 Å². The van der Waals surface area contributed by atoms with Crippen molar-refractivity contribution in [3.05, 3.63) is 78.4 Å². The average Bonchev–Trinajstić information content (AvgIpc) is 2.85. The number of carbonyl (C=O) groups excluding carboxylic acids is 3. The maximum absolute atomic E-state index is 13.9. The molecule has 0 aliphatic heterocycles. The van der Waals surface area contributed by atoms with Gasteiger partial charge in [0, 0.05) is 12.2 Å². The normalized spacial score (nSPS) is 13.0. The Morgan fingerprint density at radius 2 is 1.53 bits per heavy atom. The molecule has 0 bridgehead atoms. The summed E-state index contributed by atoms with van der Waals surface area (Å²) in [5, 5.41) is 7.83. The van der Waals surface area contributed by atoms with Gasteiger partial charge < -0.3 is 20.3 Å². The minimum absolute atomic E-state index is 0.124. The molecule has 7 heteroatoms. The van der Waals surface area contributed by atoms with Crippen LogP contribution in [0.5, 0.6) is 0 Å². The van der Waals surface area contributed by atoms with Crippen molar-refractivity contribution >= 4 is 34.4 Å². The molecular formula is C31H39N3O4. The van der Waals surface area contributed by atoms with Crippen molar-refractivity contribution in [2.24, 2.45) is 5.92 Å². The lowest BCUT2D eigenvalue weighted by atomic mass is 9.99. The Morgan fingerprint density at radius 3 is 2.13 bits per heavy atom. The molecule has 0 aliphatic rings. The van der Waals surface area contributed by atoms with Gasteiger partial charge >= 0.3 is 6.09 Å². The number of likely N-dealkylation sites (N-methyl/N-ethyl adjacent to an activating group) is 1. The monoisotopic (exact) mass is 517 g/mol. The molecule has 7 nitrogen and oxygen atoms in total. The smallest absolute Gasteiger partial charge is 0.408 e. The van der Waals surface area contributed by atoms with E-state index in [4.69, 9.17) is 4.74 Å². The van der Waals surface area contributed by atoms with Gasteiger partial charge in [-0.1, -0.05) is 74.5 Å². The minimum Gasteiger partial charge on any atom is -0.444 e. The molecule has 3 aromatic rings. The molecule has 2 atom stereocenters. The summed E-state index contributed by atoms with van der Waals surface area (Å²) in [4.78, 5) is 41.9. The lowest BCUT2D eigenvalue weighted by molar-refractivity contribution is -0.140. The molecule has 3 aromatic carbocycles. The van der Waals surface area contributed by atoms with Gasteiger partial charge in [0.05, 0.1) is 0 Å². The lowest BCUT2D eigenvalue weighted by Gasteiger charge is -2.34. The zero-order chi connectivity index (χ0) is 27.9. The van der Waals surface area contributed by atoms with Gasteiger partial charge in [-0.2, -0.15) is 0 Å². The third kappa shape index (κ3) is 7.81. The Labute approximate surface area is 225 Å². The van der Waals surface area contributed by atoms with Crippen LogP contribution in [0.4, 0.5) is 10.5 Å². The van der Waals surface area contributed by atoms with E-state index in [-0.39, 0.29) is 24.3 Å². The maximum Gasteiger partial charge on any atom is 0.408 e. The van der Waals surface area contributed by atoms with Crippen molar-refractivity contribution in [3.8, 4) is 0 Å². The van der Waals surface area contributed by atoms with Crippen LogP contribution in [0.3, 0.4) is 0 Å². The fourth-order valence-electron chi connectivity index (χ4n) is 4.39. The van der Waals surface area contributed by atoms with Crippen LogP contribution in [0.15, 0.2) is 72.8 Å². The number of fused-ring (bicyclic) bond motifs is 1. The van der Waals surface area contributed by atoms with Crippen LogP contribution in [0.2, 0.25) is 0 Å². The standard InChI is InChI=1S/C31H39N3O4/c1-7-34(29(36)26(19-21(2)3)33-30(37)38-31(4,5)6)27(23-14-9-8-10-15-23)28(35)32-25-18-17-22-13-11-12-16-24(22)20-25/h8-18,20-21,26-27H,7,19H2,1-6H3,(H,32,35)(H,33,37). The first-order valence-electron chi connectivity index (χ1n) is 13.1. The largest absolute Gasteiger partial charge is 0.444 e. The summed E-state index contributed by atoms with van der Waals surface area (Å²) in [6.45, 7) is 11.4. The number of carbonyl (C=O) groups is 3. The molecule has 0 aromatic heterocycles. The highest BCUT2D eigenvalue weighted by molar-refractivity contribution is 6.00. The third-order valence-electron chi connectivity index (χ3n) is 6.01. The fraction of sp³-hybridized carbons (Fsp3) is 0.387. The number of hydrogen-bond donors (Lipinski definition) is 2. The van der Waals surface area contributed by atoms with Gasteiger partial charge in [-0.15, -0.1) is 0 Å². The van der Waals surface area contributed by atoms with Crippen molar-refractivity contribution in [3.63, 3.8) is 0 Å². The molecule has 0 aliphatic carbocycles. The van der Waals surface area contributed by atoms with E-state index in [1.54, 1.807) is 20.8 Å². The SMILES string of the molecule is CCN(C(=O)C(CC(C)C)NC(=O)OC(C)(C)C)C(C(=O)Nc1ccc2ccccc2c1)c1ccccc1. The molecule has 0 saturated carbocycles. The molecule has 2 N–H and O–H groups in total. The van der Waals surface area contributed by atoms with Crippen molar-refractivity contribution in [2.45, 2.75) is 65.6 Å². The molecule has 0 spiro atoms. The highest BCUT2D eigenvalue weighted by Crippen LogP contribution is 2.26. The molecule has 0 fully saturated rings. The molecule has 2 unspecified atom stereocenters. The number of rotatable bonds is 9. The summed E-state index contributed by atoms with van der Waals surface area (Å²) in [6, 6.07) is 21.1.